The first-order valence-corrected chi connectivity index (χ1v) is 4.94. The Kier molecular flexibility index (Phi) is 3.00. The van der Waals surface area contributed by atoms with Crippen LogP contribution in [-0.2, 0) is 19.0 Å². The van der Waals surface area contributed by atoms with Crippen molar-refractivity contribution in [1.29, 1.82) is 0 Å². The van der Waals surface area contributed by atoms with Crippen molar-refractivity contribution in [1.82, 2.24) is 5.32 Å². The third kappa shape index (κ3) is 1.89. The number of esters is 1. The minimum Gasteiger partial charge on any atom is -0.464 e. The molecule has 0 aromatic rings. The Labute approximate surface area is 82.7 Å². The second-order valence-corrected chi connectivity index (χ2v) is 3.47. The molecule has 0 spiro atoms. The predicted octanol–water partition coefficient (Wildman–Crippen LogP) is -0.695. The van der Waals surface area contributed by atoms with Crippen LogP contribution in [0.1, 0.15) is 6.92 Å². The third-order valence-corrected chi connectivity index (χ3v) is 2.48. The van der Waals surface area contributed by atoms with Gasteiger partial charge in [0.2, 0.25) is 0 Å². The van der Waals surface area contributed by atoms with E-state index in [4.69, 9.17) is 14.2 Å². The van der Waals surface area contributed by atoms with E-state index in [0.717, 1.165) is 0 Å². The van der Waals surface area contributed by atoms with E-state index in [2.05, 4.69) is 5.32 Å². The van der Waals surface area contributed by atoms with E-state index < -0.39 is 6.10 Å². The van der Waals surface area contributed by atoms with Gasteiger partial charge in [0.1, 0.15) is 0 Å². The lowest BCUT2D eigenvalue weighted by atomic mass is 10.1. The summed E-state index contributed by atoms with van der Waals surface area (Å²) < 4.78 is 15.7. The third-order valence-electron chi connectivity index (χ3n) is 2.48. The lowest BCUT2D eigenvalue weighted by Gasteiger charge is -2.30. The molecule has 3 atom stereocenters. The SMILES string of the molecule is CCOC(=O)C1CN[C@@H]2COC[C@H]2O1. The Morgan fingerprint density at radius 1 is 1.57 bits per heavy atom. The van der Waals surface area contributed by atoms with Crippen molar-refractivity contribution in [2.24, 2.45) is 0 Å². The van der Waals surface area contributed by atoms with Crippen LogP contribution in [0.25, 0.3) is 0 Å². The van der Waals surface area contributed by atoms with Crippen molar-refractivity contribution in [3.8, 4) is 0 Å². The molecular weight excluding hydrogens is 186 g/mol. The second kappa shape index (κ2) is 4.25. The molecule has 2 fully saturated rings. The van der Waals surface area contributed by atoms with Gasteiger partial charge in [-0.1, -0.05) is 0 Å². The maximum atomic E-state index is 11.4. The highest BCUT2D eigenvalue weighted by atomic mass is 16.6. The molecule has 2 saturated heterocycles. The molecule has 14 heavy (non-hydrogen) atoms. The van der Waals surface area contributed by atoms with Crippen molar-refractivity contribution >= 4 is 5.97 Å². The van der Waals surface area contributed by atoms with E-state index in [-0.39, 0.29) is 18.1 Å². The van der Waals surface area contributed by atoms with Gasteiger partial charge in [0.15, 0.2) is 6.10 Å². The topological polar surface area (TPSA) is 56.8 Å². The highest BCUT2D eigenvalue weighted by Gasteiger charge is 2.38. The van der Waals surface area contributed by atoms with E-state index in [1.165, 1.54) is 0 Å². The van der Waals surface area contributed by atoms with Gasteiger partial charge in [0.05, 0.1) is 32.0 Å². The number of hydrogen-bond donors (Lipinski definition) is 1. The maximum absolute atomic E-state index is 11.4. The van der Waals surface area contributed by atoms with Gasteiger partial charge >= 0.3 is 5.97 Å². The fourth-order valence-corrected chi connectivity index (χ4v) is 1.75. The van der Waals surface area contributed by atoms with Crippen LogP contribution in [0.4, 0.5) is 0 Å². The molecule has 0 aliphatic carbocycles. The molecule has 0 bridgehead atoms. The van der Waals surface area contributed by atoms with E-state index >= 15 is 0 Å². The molecule has 0 saturated carbocycles. The average molecular weight is 201 g/mol. The monoisotopic (exact) mass is 201 g/mol. The first kappa shape index (κ1) is 9.89. The van der Waals surface area contributed by atoms with E-state index in [0.29, 0.717) is 26.4 Å². The number of carbonyl (C=O) groups excluding carboxylic acids is 1. The molecule has 0 aromatic heterocycles. The molecule has 5 heteroatoms. The highest BCUT2D eigenvalue weighted by Crippen LogP contribution is 2.16. The standard InChI is InChI=1S/C9H15NO4/c1-2-13-9(11)7-3-10-6-4-12-5-8(6)14-7/h6-8,10H,2-5H2,1H3/t6-,7?,8-/m1/s1. The van der Waals surface area contributed by atoms with Crippen molar-refractivity contribution in [2.75, 3.05) is 26.4 Å². The zero-order chi connectivity index (χ0) is 9.97. The summed E-state index contributed by atoms with van der Waals surface area (Å²) >= 11 is 0. The molecule has 2 heterocycles. The lowest BCUT2D eigenvalue weighted by molar-refractivity contribution is -0.164. The highest BCUT2D eigenvalue weighted by molar-refractivity contribution is 5.75. The average Bonchev–Trinajstić information content (AvgIpc) is 2.64. The summed E-state index contributed by atoms with van der Waals surface area (Å²) in [7, 11) is 0. The van der Waals surface area contributed by atoms with Gasteiger partial charge in [0.25, 0.3) is 0 Å². The summed E-state index contributed by atoms with van der Waals surface area (Å²) in [5.74, 6) is -0.287. The van der Waals surface area contributed by atoms with E-state index in [1.54, 1.807) is 6.92 Å². The molecule has 80 valence electrons. The van der Waals surface area contributed by atoms with Crippen LogP contribution in [0, 0.1) is 0 Å². The zero-order valence-corrected chi connectivity index (χ0v) is 8.19. The lowest BCUT2D eigenvalue weighted by Crippen LogP contribution is -2.54. The van der Waals surface area contributed by atoms with E-state index in [1.807, 2.05) is 0 Å². The fraction of sp³-hybridized carbons (Fsp3) is 0.889. The summed E-state index contributed by atoms with van der Waals surface area (Å²) in [4.78, 5) is 11.4. The van der Waals surface area contributed by atoms with Crippen molar-refractivity contribution in [2.45, 2.75) is 25.2 Å². The van der Waals surface area contributed by atoms with Crippen LogP contribution in [0.3, 0.4) is 0 Å². The Morgan fingerprint density at radius 3 is 3.21 bits per heavy atom. The molecule has 0 aromatic carbocycles. The summed E-state index contributed by atoms with van der Waals surface area (Å²) in [5, 5.41) is 3.22. The molecule has 1 unspecified atom stereocenters. The largest absolute Gasteiger partial charge is 0.464 e. The molecule has 2 rings (SSSR count). The fourth-order valence-electron chi connectivity index (χ4n) is 1.75. The summed E-state index contributed by atoms with van der Waals surface area (Å²) in [6, 6.07) is 0.237. The smallest absolute Gasteiger partial charge is 0.336 e. The molecule has 2 aliphatic rings. The minimum absolute atomic E-state index is 0.00171. The Balaban J connectivity index is 1.87. The van der Waals surface area contributed by atoms with Crippen molar-refractivity contribution in [3.05, 3.63) is 0 Å². The Bertz CT molecular complexity index is 221. The number of nitrogens with one attached hydrogen (secondary N) is 1. The Morgan fingerprint density at radius 2 is 2.43 bits per heavy atom. The number of rotatable bonds is 2. The van der Waals surface area contributed by atoms with Gasteiger partial charge in [-0.25, -0.2) is 4.79 Å². The second-order valence-electron chi connectivity index (χ2n) is 3.47. The van der Waals surface area contributed by atoms with Crippen LogP contribution < -0.4 is 5.32 Å². The molecule has 5 nitrogen and oxygen atoms in total. The summed E-state index contributed by atoms with van der Waals surface area (Å²) in [6.45, 7) is 3.93. The molecular formula is C9H15NO4. The van der Waals surface area contributed by atoms with E-state index in [9.17, 15) is 4.79 Å². The van der Waals surface area contributed by atoms with Crippen LogP contribution in [0.15, 0.2) is 0 Å². The predicted molar refractivity (Wildman–Crippen MR) is 47.9 cm³/mol. The van der Waals surface area contributed by atoms with Gasteiger partial charge in [-0.2, -0.15) is 0 Å². The first-order chi connectivity index (χ1) is 6.81. The summed E-state index contributed by atoms with van der Waals surface area (Å²) in [5.41, 5.74) is 0. The quantitative estimate of drug-likeness (QED) is 0.599. The zero-order valence-electron chi connectivity index (χ0n) is 8.19. The maximum Gasteiger partial charge on any atom is 0.336 e. The van der Waals surface area contributed by atoms with Crippen molar-refractivity contribution < 1.29 is 19.0 Å². The van der Waals surface area contributed by atoms with Crippen LogP contribution >= 0.6 is 0 Å². The number of hydrogen-bond acceptors (Lipinski definition) is 5. The number of carbonyl (C=O) groups is 1. The molecule has 0 radical (unpaired) electrons. The Hall–Kier alpha value is -0.650. The minimum atomic E-state index is -0.474. The first-order valence-electron chi connectivity index (χ1n) is 4.94. The van der Waals surface area contributed by atoms with Gasteiger partial charge in [-0.3, -0.25) is 0 Å². The number of fused-ring (bicyclic) bond motifs is 1. The van der Waals surface area contributed by atoms with Gasteiger partial charge in [0, 0.05) is 6.54 Å². The van der Waals surface area contributed by atoms with Gasteiger partial charge in [-0.05, 0) is 6.92 Å². The van der Waals surface area contributed by atoms with Crippen LogP contribution in [0.2, 0.25) is 0 Å². The molecule has 0 amide bonds. The number of ether oxygens (including phenoxy) is 3. The molecule has 2 aliphatic heterocycles. The number of morpholine rings is 1. The van der Waals surface area contributed by atoms with Crippen LogP contribution in [-0.4, -0.2) is 50.6 Å². The van der Waals surface area contributed by atoms with Crippen molar-refractivity contribution in [3.63, 3.8) is 0 Å². The molecule has 1 N–H and O–H groups in total. The summed E-state index contributed by atoms with van der Waals surface area (Å²) in [6.07, 6.45) is -0.476. The van der Waals surface area contributed by atoms with Gasteiger partial charge in [-0.15, -0.1) is 0 Å². The normalized spacial score (nSPS) is 36.5. The van der Waals surface area contributed by atoms with Crippen LogP contribution in [0.5, 0.6) is 0 Å². The van der Waals surface area contributed by atoms with Gasteiger partial charge < -0.3 is 19.5 Å².